The summed E-state index contributed by atoms with van der Waals surface area (Å²) in [6.07, 6.45) is 1.30. The highest BCUT2D eigenvalue weighted by atomic mass is 32.2. The maximum atomic E-state index is 10.4. The molecule has 1 atom stereocenters. The summed E-state index contributed by atoms with van der Waals surface area (Å²) in [5.74, 6) is -0.270. The molecule has 5 heteroatoms. The van der Waals surface area contributed by atoms with Crippen molar-refractivity contribution >= 4 is 24.1 Å². The topological polar surface area (TPSA) is 66.4 Å². The second-order valence-corrected chi connectivity index (χ2v) is 3.09. The maximum Gasteiger partial charge on any atom is 0.336 e. The number of carbonyl (C=O) groups is 2. The van der Waals surface area contributed by atoms with Crippen LogP contribution in [0.2, 0.25) is 0 Å². The molecule has 0 aromatic rings. The van der Waals surface area contributed by atoms with Crippen LogP contribution >= 0.6 is 11.8 Å². The summed E-state index contributed by atoms with van der Waals surface area (Å²) in [5, 5.41) is 9.89. The fourth-order valence-corrected chi connectivity index (χ4v) is 1.25. The molecule has 1 amide bonds. The Kier molecular flexibility index (Phi) is 5.64. The summed E-state index contributed by atoms with van der Waals surface area (Å²) in [5.41, 5.74) is 0. The van der Waals surface area contributed by atoms with E-state index in [1.807, 2.05) is 6.92 Å². The lowest BCUT2D eigenvalue weighted by molar-refractivity contribution is -0.137. The second-order valence-electron chi connectivity index (χ2n) is 1.87. The fourth-order valence-electron chi connectivity index (χ4n) is 0.488. The monoisotopic (exact) mass is 177 g/mol. The number of rotatable bonds is 6. The van der Waals surface area contributed by atoms with E-state index in [0.29, 0.717) is 6.41 Å². The van der Waals surface area contributed by atoms with Gasteiger partial charge in [0.25, 0.3) is 0 Å². The molecule has 2 N–H and O–H groups in total. The summed E-state index contributed by atoms with van der Waals surface area (Å²) in [7, 11) is 0. The molecule has 0 rings (SSSR count). The van der Waals surface area contributed by atoms with Gasteiger partial charge in [0.2, 0.25) is 6.41 Å². The van der Waals surface area contributed by atoms with Gasteiger partial charge in [-0.05, 0) is 12.2 Å². The molecule has 0 radical (unpaired) electrons. The first-order valence-electron chi connectivity index (χ1n) is 3.26. The molecular formula is C6H11NO3S. The lowest BCUT2D eigenvalue weighted by Gasteiger charge is -2.08. The average molecular weight is 177 g/mol. The Labute approximate surface area is 69.4 Å². The quantitative estimate of drug-likeness (QED) is 0.452. The molecule has 0 aliphatic heterocycles. The van der Waals surface area contributed by atoms with Crippen molar-refractivity contribution in [2.24, 2.45) is 0 Å². The van der Waals surface area contributed by atoms with Gasteiger partial charge >= 0.3 is 5.97 Å². The molecule has 0 saturated heterocycles. The zero-order valence-electron chi connectivity index (χ0n) is 6.24. The van der Waals surface area contributed by atoms with E-state index in [1.165, 1.54) is 11.8 Å². The highest BCUT2D eigenvalue weighted by Gasteiger charge is 2.14. The van der Waals surface area contributed by atoms with Crippen LogP contribution in [0.1, 0.15) is 13.3 Å². The molecular weight excluding hydrogens is 166 g/mol. The van der Waals surface area contributed by atoms with E-state index >= 15 is 0 Å². The van der Waals surface area contributed by atoms with Gasteiger partial charge in [-0.1, -0.05) is 6.92 Å². The number of hydrogen-bond donors (Lipinski definition) is 2. The molecule has 0 aromatic heterocycles. The fraction of sp³-hybridized carbons (Fsp3) is 0.667. The largest absolute Gasteiger partial charge is 0.479 e. The molecule has 0 aromatic carbocycles. The van der Waals surface area contributed by atoms with Crippen molar-refractivity contribution in [1.82, 2.24) is 5.32 Å². The molecule has 0 fully saturated rings. The number of amides is 1. The van der Waals surface area contributed by atoms with Gasteiger partial charge < -0.3 is 10.4 Å². The van der Waals surface area contributed by atoms with Gasteiger partial charge in [0.05, 0.1) is 0 Å². The number of carboxylic acids is 1. The van der Waals surface area contributed by atoms with Gasteiger partial charge in [0.1, 0.15) is 0 Å². The zero-order chi connectivity index (χ0) is 8.69. The van der Waals surface area contributed by atoms with Crippen LogP contribution in [-0.4, -0.2) is 28.6 Å². The van der Waals surface area contributed by atoms with Crippen LogP contribution < -0.4 is 5.32 Å². The molecule has 0 spiro atoms. The molecule has 64 valence electrons. The number of thioether (sulfide) groups is 1. The number of hydrogen-bond acceptors (Lipinski definition) is 3. The van der Waals surface area contributed by atoms with Crippen molar-refractivity contribution in [3.8, 4) is 0 Å². The summed E-state index contributed by atoms with van der Waals surface area (Å²) in [4.78, 5) is 20.2. The second kappa shape index (κ2) is 6.03. The van der Waals surface area contributed by atoms with Crippen molar-refractivity contribution in [1.29, 1.82) is 0 Å². The number of aliphatic carboxylic acids is 1. The number of nitrogens with one attached hydrogen (secondary N) is 1. The first kappa shape index (κ1) is 10.3. The minimum absolute atomic E-state index is 0.404. The minimum Gasteiger partial charge on any atom is -0.479 e. The third-order valence-electron chi connectivity index (χ3n) is 0.932. The summed E-state index contributed by atoms with van der Waals surface area (Å²) >= 11 is 1.21. The number of carbonyl (C=O) groups excluding carboxylic acids is 1. The molecule has 0 saturated carbocycles. The molecule has 0 heterocycles. The van der Waals surface area contributed by atoms with Crippen molar-refractivity contribution in [2.75, 3.05) is 5.75 Å². The van der Waals surface area contributed by atoms with Crippen LogP contribution in [-0.2, 0) is 9.59 Å². The van der Waals surface area contributed by atoms with Crippen LogP contribution in [0.25, 0.3) is 0 Å². The third-order valence-corrected chi connectivity index (χ3v) is 2.25. The molecule has 0 aliphatic rings. The summed E-state index contributed by atoms with van der Waals surface area (Å²) < 4.78 is 0. The SMILES string of the molecule is CCCSC(NC=O)C(=O)O. The first-order chi connectivity index (χ1) is 5.22. The predicted molar refractivity (Wildman–Crippen MR) is 43.4 cm³/mol. The van der Waals surface area contributed by atoms with Crippen molar-refractivity contribution in [3.63, 3.8) is 0 Å². The lowest BCUT2D eigenvalue weighted by atomic mass is 10.6. The predicted octanol–water partition coefficient (Wildman–Crippen LogP) is 0.286. The molecule has 0 bridgehead atoms. The van der Waals surface area contributed by atoms with Gasteiger partial charge in [-0.2, -0.15) is 0 Å². The molecule has 4 nitrogen and oxygen atoms in total. The van der Waals surface area contributed by atoms with Crippen LogP contribution in [0.3, 0.4) is 0 Å². The Morgan fingerprint density at radius 3 is 2.82 bits per heavy atom. The van der Waals surface area contributed by atoms with E-state index in [9.17, 15) is 9.59 Å². The van der Waals surface area contributed by atoms with Crippen LogP contribution in [0.5, 0.6) is 0 Å². The molecule has 1 unspecified atom stereocenters. The summed E-state index contributed by atoms with van der Waals surface area (Å²) in [6.45, 7) is 1.95. The lowest BCUT2D eigenvalue weighted by Crippen LogP contribution is -2.32. The van der Waals surface area contributed by atoms with Crippen LogP contribution in [0.15, 0.2) is 0 Å². The van der Waals surface area contributed by atoms with Gasteiger partial charge in [-0.3, -0.25) is 4.79 Å². The van der Waals surface area contributed by atoms with Gasteiger partial charge in [-0.15, -0.1) is 11.8 Å². The van der Waals surface area contributed by atoms with Crippen LogP contribution in [0.4, 0.5) is 0 Å². The van der Waals surface area contributed by atoms with Gasteiger partial charge in [0, 0.05) is 0 Å². The highest BCUT2D eigenvalue weighted by molar-refractivity contribution is 8.00. The zero-order valence-corrected chi connectivity index (χ0v) is 7.06. The van der Waals surface area contributed by atoms with E-state index in [4.69, 9.17) is 5.11 Å². The standard InChI is InChI=1S/C6H11NO3S/c1-2-3-11-5(6(9)10)7-4-8/h4-5H,2-3H2,1H3,(H,7,8)(H,9,10). The highest BCUT2D eigenvalue weighted by Crippen LogP contribution is 2.08. The summed E-state index contributed by atoms with van der Waals surface area (Å²) in [6, 6.07) is 0. The Morgan fingerprint density at radius 2 is 2.45 bits per heavy atom. The third kappa shape index (κ3) is 4.66. The van der Waals surface area contributed by atoms with Gasteiger partial charge in [0.15, 0.2) is 5.37 Å². The molecule has 11 heavy (non-hydrogen) atoms. The van der Waals surface area contributed by atoms with Crippen molar-refractivity contribution in [3.05, 3.63) is 0 Å². The van der Waals surface area contributed by atoms with E-state index in [0.717, 1.165) is 12.2 Å². The van der Waals surface area contributed by atoms with Crippen molar-refractivity contribution < 1.29 is 14.7 Å². The Morgan fingerprint density at radius 1 is 1.82 bits per heavy atom. The first-order valence-corrected chi connectivity index (χ1v) is 4.31. The smallest absolute Gasteiger partial charge is 0.336 e. The number of carboxylic acid groups (broad SMARTS) is 1. The van der Waals surface area contributed by atoms with Crippen LogP contribution in [0, 0.1) is 0 Å². The Bertz CT molecular complexity index is 140. The molecule has 0 aliphatic carbocycles. The van der Waals surface area contributed by atoms with Gasteiger partial charge in [-0.25, -0.2) is 4.79 Å². The Hall–Kier alpha value is -0.710. The van der Waals surface area contributed by atoms with E-state index < -0.39 is 11.3 Å². The Balaban J connectivity index is 3.69. The van der Waals surface area contributed by atoms with E-state index in [1.54, 1.807) is 0 Å². The maximum absolute atomic E-state index is 10.4. The average Bonchev–Trinajstić information content (AvgIpc) is 1.97. The van der Waals surface area contributed by atoms with E-state index in [-0.39, 0.29) is 0 Å². The normalized spacial score (nSPS) is 12.1. The minimum atomic E-state index is -1.00. The van der Waals surface area contributed by atoms with Crippen molar-refractivity contribution in [2.45, 2.75) is 18.7 Å². The van der Waals surface area contributed by atoms with E-state index in [2.05, 4.69) is 5.32 Å².